The Bertz CT molecular complexity index is 1520. The van der Waals surface area contributed by atoms with Gasteiger partial charge < -0.3 is 24.9 Å². The lowest BCUT2D eigenvalue weighted by molar-refractivity contribution is -0.140. The number of nitrogens with zero attached hydrogens (tertiary/aromatic N) is 3. The zero-order valence-electron chi connectivity index (χ0n) is 24.7. The number of guanidine groups is 1. The van der Waals surface area contributed by atoms with E-state index >= 15 is 0 Å². The summed E-state index contributed by atoms with van der Waals surface area (Å²) in [6.07, 6.45) is 4.00. The minimum Gasteiger partial charge on any atom is -0.461 e. The van der Waals surface area contributed by atoms with Crippen LogP contribution >= 0.6 is 0 Å². The van der Waals surface area contributed by atoms with Crippen LogP contribution in [0.1, 0.15) is 65.5 Å². The molecule has 0 radical (unpaired) electrons. The number of aryl methyl sites for hydroxylation is 1. The molecule has 2 aliphatic heterocycles. The first-order valence-corrected chi connectivity index (χ1v) is 14.9. The van der Waals surface area contributed by atoms with Crippen LogP contribution in [0, 0.1) is 6.92 Å². The fourth-order valence-corrected chi connectivity index (χ4v) is 5.45. The molecule has 11 nitrogen and oxygen atoms in total. The van der Waals surface area contributed by atoms with Gasteiger partial charge in [0.15, 0.2) is 0 Å². The maximum absolute atomic E-state index is 13.6. The van der Waals surface area contributed by atoms with Crippen molar-refractivity contribution in [2.45, 2.75) is 52.0 Å². The largest absolute Gasteiger partial charge is 0.461 e. The van der Waals surface area contributed by atoms with Crippen molar-refractivity contribution >= 4 is 46.2 Å². The molecule has 3 heterocycles. The van der Waals surface area contributed by atoms with Gasteiger partial charge in [-0.3, -0.25) is 24.5 Å². The third-order valence-electron chi connectivity index (χ3n) is 7.70. The predicted molar refractivity (Wildman–Crippen MR) is 164 cm³/mol. The number of benzene rings is 2. The number of nitrogens with one attached hydrogen (secondary N) is 3. The maximum Gasteiger partial charge on any atom is 0.257 e. The first-order valence-electron chi connectivity index (χ1n) is 14.9. The van der Waals surface area contributed by atoms with Crippen molar-refractivity contribution in [2.24, 2.45) is 4.99 Å². The van der Waals surface area contributed by atoms with Crippen LogP contribution in [0.2, 0.25) is 0 Å². The summed E-state index contributed by atoms with van der Waals surface area (Å²) in [5.74, 6) is -0.0480. The first-order chi connectivity index (χ1) is 20.8. The van der Waals surface area contributed by atoms with Crippen LogP contribution in [0.25, 0.3) is 11.0 Å². The number of amides is 4. The molecule has 2 aliphatic rings. The van der Waals surface area contributed by atoms with Crippen molar-refractivity contribution in [1.82, 2.24) is 20.4 Å². The summed E-state index contributed by atoms with van der Waals surface area (Å²) >= 11 is 0. The SMILES string of the molecule is CCNC(=O)c1ccc(C(=O)NC(=NC2CCCCN(CC(=O)N3CCCC3)C2=O)Nc2ccc3oc(C)cc3c2)cc1. The molecule has 3 N–H and O–H groups in total. The minimum atomic E-state index is -0.767. The van der Waals surface area contributed by atoms with Gasteiger partial charge in [-0.1, -0.05) is 0 Å². The molecule has 5 rings (SSSR count). The lowest BCUT2D eigenvalue weighted by atomic mass is 10.1. The fraction of sp³-hybridized carbons (Fsp3) is 0.406. The Morgan fingerprint density at radius 1 is 0.930 bits per heavy atom. The third kappa shape index (κ3) is 7.40. The predicted octanol–water partition coefficient (Wildman–Crippen LogP) is 3.69. The zero-order chi connectivity index (χ0) is 30.3. The van der Waals surface area contributed by atoms with E-state index in [0.717, 1.165) is 55.5 Å². The topological polar surface area (TPSA) is 136 Å². The highest BCUT2D eigenvalue weighted by Gasteiger charge is 2.30. The summed E-state index contributed by atoms with van der Waals surface area (Å²) < 4.78 is 5.68. The normalized spacial score (nSPS) is 17.6. The van der Waals surface area contributed by atoms with E-state index in [0.29, 0.717) is 36.3 Å². The van der Waals surface area contributed by atoms with Gasteiger partial charge in [0, 0.05) is 48.4 Å². The van der Waals surface area contributed by atoms with Gasteiger partial charge in [0.1, 0.15) is 17.4 Å². The second-order valence-corrected chi connectivity index (χ2v) is 11.0. The summed E-state index contributed by atoms with van der Waals surface area (Å²) in [6, 6.07) is 13.0. The van der Waals surface area contributed by atoms with Gasteiger partial charge in [-0.15, -0.1) is 0 Å². The average Bonchev–Trinajstić information content (AvgIpc) is 3.63. The molecule has 0 bridgehead atoms. The van der Waals surface area contributed by atoms with Crippen molar-refractivity contribution in [2.75, 3.05) is 38.0 Å². The lowest BCUT2D eigenvalue weighted by Gasteiger charge is -2.25. The summed E-state index contributed by atoms with van der Waals surface area (Å²) in [7, 11) is 0. The van der Waals surface area contributed by atoms with Crippen molar-refractivity contribution in [3.8, 4) is 0 Å². The molecule has 226 valence electrons. The monoisotopic (exact) mass is 586 g/mol. The third-order valence-corrected chi connectivity index (χ3v) is 7.70. The van der Waals surface area contributed by atoms with E-state index in [1.807, 2.05) is 43.0 Å². The molecule has 2 saturated heterocycles. The number of aliphatic imine (C=N–C) groups is 1. The number of hydrogen-bond donors (Lipinski definition) is 3. The molecular formula is C32H38N6O5. The van der Waals surface area contributed by atoms with Gasteiger partial charge in [-0.2, -0.15) is 0 Å². The highest BCUT2D eigenvalue weighted by atomic mass is 16.3. The fourth-order valence-electron chi connectivity index (χ4n) is 5.45. The minimum absolute atomic E-state index is 0.0362. The quantitative estimate of drug-likeness (QED) is 0.285. The van der Waals surface area contributed by atoms with E-state index in [1.54, 1.807) is 29.2 Å². The number of fused-ring (bicyclic) bond motifs is 1. The van der Waals surface area contributed by atoms with E-state index in [4.69, 9.17) is 9.41 Å². The highest BCUT2D eigenvalue weighted by Crippen LogP contribution is 2.23. The van der Waals surface area contributed by atoms with Crippen molar-refractivity contribution in [1.29, 1.82) is 0 Å². The maximum atomic E-state index is 13.6. The molecule has 11 heteroatoms. The Kier molecular flexibility index (Phi) is 9.38. The summed E-state index contributed by atoms with van der Waals surface area (Å²) in [5.41, 5.74) is 2.16. The van der Waals surface area contributed by atoms with E-state index in [9.17, 15) is 19.2 Å². The molecule has 1 aromatic heterocycles. The van der Waals surface area contributed by atoms with Gasteiger partial charge in [0.05, 0.1) is 6.54 Å². The number of carbonyl (C=O) groups is 4. The van der Waals surface area contributed by atoms with Crippen LogP contribution in [0.15, 0.2) is 57.9 Å². The van der Waals surface area contributed by atoms with Gasteiger partial charge in [0.2, 0.25) is 17.8 Å². The molecule has 1 unspecified atom stereocenters. The Hall–Kier alpha value is -4.67. The Morgan fingerprint density at radius 3 is 2.35 bits per heavy atom. The standard InChI is InChI=1S/C32H38N6O5/c1-3-33-29(40)22-9-11-23(12-10-22)30(41)36-32(34-25-13-14-27-24(19-25)18-21(2)43-27)35-26-8-4-5-17-38(31(26)42)20-28(39)37-15-6-7-16-37/h9-14,18-19,26H,3-8,15-17,20H2,1-2H3,(H,33,40)(H2,34,35,36,41). The molecule has 2 aromatic carbocycles. The van der Waals surface area contributed by atoms with Crippen LogP contribution in [0.4, 0.5) is 5.69 Å². The van der Waals surface area contributed by atoms with Crippen molar-refractivity contribution in [3.05, 3.63) is 65.4 Å². The van der Waals surface area contributed by atoms with Crippen LogP contribution < -0.4 is 16.0 Å². The number of carbonyl (C=O) groups excluding carboxylic acids is 4. The number of hydrogen-bond acceptors (Lipinski definition) is 6. The summed E-state index contributed by atoms with van der Waals surface area (Å²) in [4.78, 5) is 60.1. The Morgan fingerprint density at radius 2 is 1.63 bits per heavy atom. The molecule has 0 saturated carbocycles. The van der Waals surface area contributed by atoms with Gasteiger partial charge in [0.25, 0.3) is 11.8 Å². The van der Waals surface area contributed by atoms with Gasteiger partial charge in [-0.05, 0) is 94.5 Å². The molecule has 1 atom stereocenters. The summed E-state index contributed by atoms with van der Waals surface area (Å²) in [6.45, 7) is 6.20. The Balaban J connectivity index is 1.38. The van der Waals surface area contributed by atoms with E-state index in [2.05, 4.69) is 16.0 Å². The van der Waals surface area contributed by atoms with E-state index in [1.165, 1.54) is 0 Å². The molecular weight excluding hydrogens is 548 g/mol. The molecule has 43 heavy (non-hydrogen) atoms. The number of furan rings is 1. The average molecular weight is 587 g/mol. The summed E-state index contributed by atoms with van der Waals surface area (Å²) in [5, 5.41) is 9.63. The van der Waals surface area contributed by atoms with Crippen LogP contribution in [0.5, 0.6) is 0 Å². The van der Waals surface area contributed by atoms with Crippen LogP contribution in [-0.2, 0) is 9.59 Å². The van der Waals surface area contributed by atoms with Crippen LogP contribution in [-0.4, -0.2) is 78.2 Å². The van der Waals surface area contributed by atoms with E-state index < -0.39 is 11.9 Å². The lowest BCUT2D eigenvalue weighted by Crippen LogP contribution is -2.45. The zero-order valence-corrected chi connectivity index (χ0v) is 24.7. The van der Waals surface area contributed by atoms with E-state index in [-0.39, 0.29) is 30.2 Å². The Labute approximate surface area is 250 Å². The van der Waals surface area contributed by atoms with Gasteiger partial charge >= 0.3 is 0 Å². The molecule has 0 aliphatic carbocycles. The molecule has 3 aromatic rings. The van der Waals surface area contributed by atoms with Crippen molar-refractivity contribution < 1.29 is 23.6 Å². The van der Waals surface area contributed by atoms with Crippen LogP contribution in [0.3, 0.4) is 0 Å². The van der Waals surface area contributed by atoms with Gasteiger partial charge in [-0.25, -0.2) is 4.99 Å². The number of likely N-dealkylation sites (tertiary alicyclic amines) is 2. The van der Waals surface area contributed by atoms with Crippen molar-refractivity contribution in [3.63, 3.8) is 0 Å². The molecule has 2 fully saturated rings. The second-order valence-electron chi connectivity index (χ2n) is 11.0. The molecule has 0 spiro atoms. The molecule has 4 amide bonds. The second kappa shape index (κ2) is 13.5. The number of anilines is 1. The smallest absolute Gasteiger partial charge is 0.257 e. The highest BCUT2D eigenvalue weighted by molar-refractivity contribution is 6.11. The first kappa shape index (κ1) is 29.8. The number of rotatable bonds is 7.